The molecule has 4 nitrogen and oxygen atoms in total. The Labute approximate surface area is 161 Å². The van der Waals surface area contributed by atoms with E-state index in [1.165, 1.54) is 11.3 Å². The summed E-state index contributed by atoms with van der Waals surface area (Å²) in [6.07, 6.45) is 0.989. The predicted molar refractivity (Wildman–Crippen MR) is 112 cm³/mol. The summed E-state index contributed by atoms with van der Waals surface area (Å²) in [4.78, 5) is 4.65. The van der Waals surface area contributed by atoms with Gasteiger partial charge in [-0.2, -0.15) is 0 Å². The Morgan fingerprint density at radius 1 is 1.00 bits per heavy atom. The number of anilines is 1. The van der Waals surface area contributed by atoms with E-state index in [2.05, 4.69) is 51.5 Å². The largest absolute Gasteiger partial charge is 0.492 e. The van der Waals surface area contributed by atoms with Crippen LogP contribution in [-0.4, -0.2) is 49.3 Å². The Bertz CT molecular complexity index is 699. The Kier molecular flexibility index (Phi) is 6.72. The first-order chi connectivity index (χ1) is 12.8. The molecule has 1 aliphatic rings. The number of ether oxygens (including phenoxy) is 1. The molecule has 138 valence electrons. The number of hydrogen-bond donors (Lipinski definition) is 1. The van der Waals surface area contributed by atoms with Crippen molar-refractivity contribution in [2.75, 3.05) is 44.2 Å². The fraction of sp³-hybridized carbons (Fsp3) is 0.381. The van der Waals surface area contributed by atoms with Crippen molar-refractivity contribution < 1.29 is 4.74 Å². The molecule has 1 saturated heterocycles. The van der Waals surface area contributed by atoms with Gasteiger partial charge in [0.25, 0.3) is 0 Å². The van der Waals surface area contributed by atoms with Gasteiger partial charge >= 0.3 is 0 Å². The highest BCUT2D eigenvalue weighted by Gasteiger charge is 2.20. The highest BCUT2D eigenvalue weighted by Crippen LogP contribution is 2.28. The van der Waals surface area contributed by atoms with E-state index in [4.69, 9.17) is 17.0 Å². The van der Waals surface area contributed by atoms with Crippen LogP contribution in [0.3, 0.4) is 0 Å². The van der Waals surface area contributed by atoms with Crippen LogP contribution in [0.5, 0.6) is 5.75 Å². The van der Waals surface area contributed by atoms with Crippen LogP contribution in [-0.2, 0) is 6.42 Å². The lowest BCUT2D eigenvalue weighted by molar-refractivity contribution is 0.336. The number of nitrogens with zero attached hydrogens (tertiary/aromatic N) is 2. The van der Waals surface area contributed by atoms with E-state index in [0.29, 0.717) is 6.61 Å². The van der Waals surface area contributed by atoms with Crippen LogP contribution < -0.4 is 15.0 Å². The van der Waals surface area contributed by atoms with Gasteiger partial charge in [-0.25, -0.2) is 0 Å². The minimum atomic E-state index is 0.687. The smallest absolute Gasteiger partial charge is 0.169 e. The maximum atomic E-state index is 5.77. The lowest BCUT2D eigenvalue weighted by Crippen LogP contribution is -2.52. The number of nitrogens with one attached hydrogen (secondary N) is 1. The molecule has 0 amide bonds. The Morgan fingerprint density at radius 3 is 2.42 bits per heavy atom. The molecule has 1 aliphatic heterocycles. The van der Waals surface area contributed by atoms with Crippen LogP contribution in [0.25, 0.3) is 0 Å². The fourth-order valence-corrected chi connectivity index (χ4v) is 3.50. The Balaban J connectivity index is 1.46. The second kappa shape index (κ2) is 9.43. The van der Waals surface area contributed by atoms with Gasteiger partial charge in [0.05, 0.1) is 12.3 Å². The molecule has 5 heteroatoms. The second-order valence-electron chi connectivity index (χ2n) is 6.34. The molecule has 2 aromatic rings. The number of thiocarbonyl (C=S) groups is 1. The van der Waals surface area contributed by atoms with Crippen molar-refractivity contribution >= 4 is 23.0 Å². The van der Waals surface area contributed by atoms with Crippen LogP contribution in [0.2, 0.25) is 0 Å². The normalized spacial score (nSPS) is 14.2. The molecular weight excluding hydrogens is 342 g/mol. The summed E-state index contributed by atoms with van der Waals surface area (Å²) in [7, 11) is 0. The van der Waals surface area contributed by atoms with Crippen LogP contribution in [0.1, 0.15) is 12.5 Å². The van der Waals surface area contributed by atoms with Gasteiger partial charge in [0.1, 0.15) is 5.75 Å². The van der Waals surface area contributed by atoms with Crippen LogP contribution in [0, 0.1) is 0 Å². The lowest BCUT2D eigenvalue weighted by atomic mass is 10.1. The lowest BCUT2D eigenvalue weighted by Gasteiger charge is -2.38. The van der Waals surface area contributed by atoms with Crippen molar-refractivity contribution in [2.24, 2.45) is 0 Å². The molecule has 1 heterocycles. The van der Waals surface area contributed by atoms with Crippen molar-refractivity contribution in [2.45, 2.75) is 13.3 Å². The molecule has 1 fully saturated rings. The van der Waals surface area contributed by atoms with Crippen molar-refractivity contribution in [3.05, 3.63) is 60.2 Å². The van der Waals surface area contributed by atoms with E-state index < -0.39 is 0 Å². The van der Waals surface area contributed by atoms with Gasteiger partial charge in [-0.3, -0.25) is 0 Å². The van der Waals surface area contributed by atoms with E-state index in [1.54, 1.807) is 0 Å². The highest BCUT2D eigenvalue weighted by molar-refractivity contribution is 7.80. The number of benzene rings is 2. The molecule has 2 aromatic carbocycles. The molecule has 0 aliphatic carbocycles. The molecule has 0 unspecified atom stereocenters. The standard InChI is InChI=1S/C21H27N3OS/c1-2-25-20-11-7-6-10-19(20)23-14-16-24(17-15-23)21(26)22-13-12-18-8-4-3-5-9-18/h3-11H,2,12-17H2,1H3,(H,22,26). The number of rotatable bonds is 6. The molecule has 3 rings (SSSR count). The number of hydrogen-bond acceptors (Lipinski definition) is 3. The van der Waals surface area contributed by atoms with Gasteiger partial charge in [-0.05, 0) is 43.3 Å². The zero-order valence-corrected chi connectivity index (χ0v) is 16.2. The SMILES string of the molecule is CCOc1ccccc1N1CCN(C(=S)NCCc2ccccc2)CC1. The minimum absolute atomic E-state index is 0.687. The summed E-state index contributed by atoms with van der Waals surface area (Å²) in [6.45, 7) is 7.33. The second-order valence-corrected chi connectivity index (χ2v) is 6.73. The van der Waals surface area contributed by atoms with Crippen molar-refractivity contribution in [1.29, 1.82) is 0 Å². The van der Waals surface area contributed by atoms with E-state index in [9.17, 15) is 0 Å². The molecule has 26 heavy (non-hydrogen) atoms. The van der Waals surface area contributed by atoms with E-state index >= 15 is 0 Å². The molecule has 1 N–H and O–H groups in total. The zero-order chi connectivity index (χ0) is 18.2. The highest BCUT2D eigenvalue weighted by atomic mass is 32.1. The first kappa shape index (κ1) is 18.5. The summed E-state index contributed by atoms with van der Waals surface area (Å²) >= 11 is 5.58. The van der Waals surface area contributed by atoms with Crippen LogP contribution in [0.4, 0.5) is 5.69 Å². The Hall–Kier alpha value is -2.27. The quantitative estimate of drug-likeness (QED) is 0.789. The summed E-state index contributed by atoms with van der Waals surface area (Å²) in [6, 6.07) is 18.8. The zero-order valence-electron chi connectivity index (χ0n) is 15.4. The molecule has 0 radical (unpaired) electrons. The first-order valence-corrected chi connectivity index (χ1v) is 9.72. The first-order valence-electron chi connectivity index (χ1n) is 9.31. The van der Waals surface area contributed by atoms with Gasteiger partial charge in [-0.15, -0.1) is 0 Å². The van der Waals surface area contributed by atoms with Gasteiger partial charge in [0.15, 0.2) is 5.11 Å². The maximum absolute atomic E-state index is 5.77. The third-order valence-corrected chi connectivity index (χ3v) is 5.01. The topological polar surface area (TPSA) is 27.7 Å². The van der Waals surface area contributed by atoms with E-state index in [1.807, 2.05) is 25.1 Å². The van der Waals surface area contributed by atoms with Gasteiger partial charge in [0.2, 0.25) is 0 Å². The summed E-state index contributed by atoms with van der Waals surface area (Å²) in [5, 5.41) is 4.26. The van der Waals surface area contributed by atoms with Gasteiger partial charge in [0, 0.05) is 32.7 Å². The van der Waals surface area contributed by atoms with E-state index in [-0.39, 0.29) is 0 Å². The molecule has 0 atom stereocenters. The number of piperazine rings is 1. The minimum Gasteiger partial charge on any atom is -0.492 e. The van der Waals surface area contributed by atoms with Crippen LogP contribution in [0.15, 0.2) is 54.6 Å². The summed E-state index contributed by atoms with van der Waals surface area (Å²) in [5.41, 5.74) is 2.51. The third kappa shape index (κ3) is 4.88. The Morgan fingerprint density at radius 2 is 1.69 bits per heavy atom. The van der Waals surface area contributed by atoms with Crippen LogP contribution >= 0.6 is 12.2 Å². The predicted octanol–water partition coefficient (Wildman–Crippen LogP) is 3.32. The average Bonchev–Trinajstić information content (AvgIpc) is 2.70. The van der Waals surface area contributed by atoms with Gasteiger partial charge in [-0.1, -0.05) is 42.5 Å². The number of para-hydroxylation sites is 2. The van der Waals surface area contributed by atoms with Crippen molar-refractivity contribution in [3.63, 3.8) is 0 Å². The van der Waals surface area contributed by atoms with Gasteiger partial charge < -0.3 is 19.9 Å². The summed E-state index contributed by atoms with van der Waals surface area (Å²) in [5.74, 6) is 0.965. The van der Waals surface area contributed by atoms with Crippen molar-refractivity contribution in [1.82, 2.24) is 10.2 Å². The molecule has 0 aromatic heterocycles. The van der Waals surface area contributed by atoms with E-state index in [0.717, 1.165) is 50.0 Å². The maximum Gasteiger partial charge on any atom is 0.169 e. The molecular formula is C21H27N3OS. The average molecular weight is 370 g/mol. The third-order valence-electron chi connectivity index (χ3n) is 4.61. The molecule has 0 spiro atoms. The summed E-state index contributed by atoms with van der Waals surface area (Å²) < 4.78 is 5.77. The monoisotopic (exact) mass is 369 g/mol. The molecule has 0 bridgehead atoms. The molecule has 0 saturated carbocycles. The fourth-order valence-electron chi connectivity index (χ4n) is 3.22. The van der Waals surface area contributed by atoms with Crippen molar-refractivity contribution in [3.8, 4) is 5.75 Å².